The second kappa shape index (κ2) is 11.4. The zero-order valence-electron chi connectivity index (χ0n) is 18.7. The molecule has 2 saturated heterocycles. The molecule has 0 saturated carbocycles. The van der Waals surface area contributed by atoms with Crippen LogP contribution in [0.3, 0.4) is 0 Å². The van der Waals surface area contributed by atoms with Gasteiger partial charge in [-0.15, -0.1) is 0 Å². The van der Waals surface area contributed by atoms with Crippen molar-refractivity contribution in [3.8, 4) is 11.5 Å². The Hall–Kier alpha value is -2.66. The lowest BCUT2D eigenvalue weighted by molar-refractivity contribution is -0.123. The minimum atomic E-state index is -0.573. The first-order chi connectivity index (χ1) is 16.8. The van der Waals surface area contributed by atoms with Crippen molar-refractivity contribution >= 4 is 63.5 Å². The Labute approximate surface area is 216 Å². The molecule has 2 aromatic rings. The van der Waals surface area contributed by atoms with E-state index in [1.54, 1.807) is 29.2 Å². The number of hydrogen-bond donors (Lipinski definition) is 1. The first-order valence-corrected chi connectivity index (χ1v) is 12.4. The molecule has 11 heteroatoms. The maximum atomic E-state index is 13.3. The third-order valence-electron chi connectivity index (χ3n) is 5.33. The molecule has 2 aromatic carbocycles. The van der Waals surface area contributed by atoms with Gasteiger partial charge in [0, 0.05) is 12.3 Å². The zero-order valence-corrected chi connectivity index (χ0v) is 21.1. The summed E-state index contributed by atoms with van der Waals surface area (Å²) in [6, 6.07) is 8.99. The summed E-state index contributed by atoms with van der Waals surface area (Å²) in [4.78, 5) is 27.2. The lowest BCUT2D eigenvalue weighted by atomic mass is 10.1. The molecule has 0 radical (unpaired) electrons. The van der Waals surface area contributed by atoms with Crippen LogP contribution in [0, 0.1) is 5.82 Å². The summed E-state index contributed by atoms with van der Waals surface area (Å²) >= 11 is 12.4. The lowest BCUT2D eigenvalue weighted by Crippen LogP contribution is -2.35. The average molecular weight is 537 g/mol. The van der Waals surface area contributed by atoms with E-state index in [-0.39, 0.29) is 23.6 Å². The van der Waals surface area contributed by atoms with Gasteiger partial charge in [0.15, 0.2) is 18.1 Å². The van der Waals surface area contributed by atoms with Gasteiger partial charge in [0.05, 0.1) is 29.7 Å². The van der Waals surface area contributed by atoms with Crippen molar-refractivity contribution in [1.82, 2.24) is 4.90 Å². The van der Waals surface area contributed by atoms with Gasteiger partial charge in [0.2, 0.25) is 0 Å². The Bertz CT molecular complexity index is 1190. The van der Waals surface area contributed by atoms with E-state index in [0.29, 0.717) is 39.6 Å². The Morgan fingerprint density at radius 1 is 1.34 bits per heavy atom. The maximum absolute atomic E-state index is 13.3. The van der Waals surface area contributed by atoms with Crippen LogP contribution in [0.25, 0.3) is 6.08 Å². The zero-order chi connectivity index (χ0) is 24.9. The summed E-state index contributed by atoms with van der Waals surface area (Å²) in [6.07, 6.45) is 3.67. The molecule has 0 aromatic heterocycles. The van der Waals surface area contributed by atoms with Crippen molar-refractivity contribution in [2.45, 2.75) is 18.9 Å². The minimum absolute atomic E-state index is 0.0191. The van der Waals surface area contributed by atoms with E-state index in [4.69, 9.17) is 38.0 Å². The first-order valence-electron chi connectivity index (χ1n) is 10.8. The minimum Gasteiger partial charge on any atom is -0.493 e. The van der Waals surface area contributed by atoms with E-state index in [2.05, 4.69) is 5.32 Å². The van der Waals surface area contributed by atoms with Crippen LogP contribution < -0.4 is 14.8 Å². The number of benzene rings is 2. The number of carbonyl (C=O) groups excluding carboxylic acids is 2. The normalized spacial score (nSPS) is 18.9. The number of nitrogens with one attached hydrogen (secondary N) is 1. The van der Waals surface area contributed by atoms with Crippen LogP contribution in [0.5, 0.6) is 11.5 Å². The highest BCUT2D eigenvalue weighted by Crippen LogP contribution is 2.35. The summed E-state index contributed by atoms with van der Waals surface area (Å²) in [6.45, 7) is 0.878. The standard InChI is InChI=1S/C24H22ClFN2O5S2/c1-31-20-9-14(10-21-23(30)28(24(34)35-21)12-16-3-2-8-32-16)4-7-19(20)33-13-22(29)27-15-5-6-18(26)17(25)11-15/h4-7,9-11,16H,2-3,8,12-13H2,1H3,(H,27,29)/b21-10-/t16-/m1/s1. The molecule has 4 rings (SSSR count). The molecule has 2 aliphatic heterocycles. The van der Waals surface area contributed by atoms with Gasteiger partial charge in [0.1, 0.15) is 10.1 Å². The highest BCUT2D eigenvalue weighted by molar-refractivity contribution is 8.26. The van der Waals surface area contributed by atoms with Gasteiger partial charge >= 0.3 is 0 Å². The fourth-order valence-electron chi connectivity index (χ4n) is 3.61. The highest BCUT2D eigenvalue weighted by Gasteiger charge is 2.34. The number of rotatable bonds is 8. The molecule has 0 spiro atoms. The van der Waals surface area contributed by atoms with Gasteiger partial charge in [-0.2, -0.15) is 0 Å². The summed E-state index contributed by atoms with van der Waals surface area (Å²) in [5, 5.41) is 2.49. The highest BCUT2D eigenvalue weighted by atomic mass is 35.5. The van der Waals surface area contributed by atoms with Crippen molar-refractivity contribution < 1.29 is 28.2 Å². The molecule has 184 valence electrons. The fourth-order valence-corrected chi connectivity index (χ4v) is 5.06. The van der Waals surface area contributed by atoms with Gasteiger partial charge in [-0.1, -0.05) is 41.6 Å². The van der Waals surface area contributed by atoms with E-state index in [9.17, 15) is 14.0 Å². The molecular weight excluding hydrogens is 515 g/mol. The van der Waals surface area contributed by atoms with Crippen LogP contribution in [0.2, 0.25) is 5.02 Å². The number of anilines is 1. The monoisotopic (exact) mass is 536 g/mol. The smallest absolute Gasteiger partial charge is 0.266 e. The molecule has 0 bridgehead atoms. The maximum Gasteiger partial charge on any atom is 0.266 e. The number of ether oxygens (including phenoxy) is 3. The largest absolute Gasteiger partial charge is 0.493 e. The molecule has 7 nitrogen and oxygen atoms in total. The van der Waals surface area contributed by atoms with E-state index in [0.717, 1.165) is 24.5 Å². The molecule has 2 heterocycles. The van der Waals surface area contributed by atoms with Crippen LogP contribution in [0.15, 0.2) is 41.3 Å². The van der Waals surface area contributed by atoms with Crippen LogP contribution in [0.1, 0.15) is 18.4 Å². The third-order valence-corrected chi connectivity index (χ3v) is 7.00. The SMILES string of the molecule is COc1cc(/C=C2\SC(=S)N(C[C@H]3CCCO3)C2=O)ccc1OCC(=O)Nc1ccc(F)c(Cl)c1. The second-order valence-electron chi connectivity index (χ2n) is 7.80. The Kier molecular flexibility index (Phi) is 8.27. The number of carbonyl (C=O) groups is 2. The van der Waals surface area contributed by atoms with E-state index in [1.165, 1.54) is 31.0 Å². The number of nitrogens with zero attached hydrogens (tertiary/aromatic N) is 1. The van der Waals surface area contributed by atoms with Crippen molar-refractivity contribution in [2.75, 3.05) is 32.2 Å². The van der Waals surface area contributed by atoms with Crippen molar-refractivity contribution in [2.24, 2.45) is 0 Å². The molecule has 2 amide bonds. The van der Waals surface area contributed by atoms with Gasteiger partial charge < -0.3 is 19.5 Å². The Morgan fingerprint density at radius 2 is 2.17 bits per heavy atom. The van der Waals surface area contributed by atoms with Gasteiger partial charge in [0.25, 0.3) is 11.8 Å². The number of hydrogen-bond acceptors (Lipinski definition) is 7. The number of thiocarbonyl (C=S) groups is 1. The van der Waals surface area contributed by atoms with Crippen molar-refractivity contribution in [3.05, 3.63) is 57.7 Å². The van der Waals surface area contributed by atoms with Crippen LogP contribution in [0.4, 0.5) is 10.1 Å². The molecule has 2 aliphatic rings. The Morgan fingerprint density at radius 3 is 2.89 bits per heavy atom. The number of thioether (sulfide) groups is 1. The Balaban J connectivity index is 1.39. The molecule has 35 heavy (non-hydrogen) atoms. The van der Waals surface area contributed by atoms with E-state index >= 15 is 0 Å². The number of methoxy groups -OCH3 is 1. The number of halogens is 2. The van der Waals surface area contributed by atoms with Gasteiger partial charge in [-0.3, -0.25) is 14.5 Å². The average Bonchev–Trinajstić information content (AvgIpc) is 3.44. The first kappa shape index (κ1) is 25.4. The topological polar surface area (TPSA) is 77.1 Å². The van der Waals surface area contributed by atoms with E-state index in [1.807, 2.05) is 0 Å². The third kappa shape index (κ3) is 6.32. The predicted octanol–water partition coefficient (Wildman–Crippen LogP) is 4.89. The summed E-state index contributed by atoms with van der Waals surface area (Å²) < 4.78 is 30.4. The van der Waals surface area contributed by atoms with Crippen LogP contribution in [-0.2, 0) is 14.3 Å². The van der Waals surface area contributed by atoms with Crippen LogP contribution >= 0.6 is 35.6 Å². The quantitative estimate of drug-likeness (QED) is 0.380. The molecule has 1 atom stereocenters. The second-order valence-corrected chi connectivity index (χ2v) is 9.89. The summed E-state index contributed by atoms with van der Waals surface area (Å²) in [7, 11) is 1.48. The number of amides is 2. The molecule has 2 fully saturated rings. The van der Waals surface area contributed by atoms with Crippen molar-refractivity contribution in [1.29, 1.82) is 0 Å². The van der Waals surface area contributed by atoms with Crippen LogP contribution in [-0.4, -0.2) is 54.0 Å². The molecule has 0 aliphatic carbocycles. The molecule has 0 unspecified atom stereocenters. The molecule has 1 N–H and O–H groups in total. The fraction of sp³-hybridized carbons (Fsp3) is 0.292. The van der Waals surface area contributed by atoms with Gasteiger partial charge in [-0.25, -0.2) is 4.39 Å². The predicted molar refractivity (Wildman–Crippen MR) is 137 cm³/mol. The summed E-state index contributed by atoms with van der Waals surface area (Å²) in [5.74, 6) is -0.425. The molecular formula is C24H22ClFN2O5S2. The summed E-state index contributed by atoms with van der Waals surface area (Å²) in [5.41, 5.74) is 1.07. The lowest BCUT2D eigenvalue weighted by Gasteiger charge is -2.18. The van der Waals surface area contributed by atoms with E-state index < -0.39 is 11.7 Å². The van der Waals surface area contributed by atoms with Gasteiger partial charge in [-0.05, 0) is 54.8 Å². The van der Waals surface area contributed by atoms with Crippen molar-refractivity contribution in [3.63, 3.8) is 0 Å².